The van der Waals surface area contributed by atoms with E-state index in [1.807, 2.05) is 18.2 Å². The molecule has 0 fully saturated rings. The van der Waals surface area contributed by atoms with Gasteiger partial charge in [-0.15, -0.1) is 0 Å². The first kappa shape index (κ1) is 16.4. The van der Waals surface area contributed by atoms with Gasteiger partial charge in [0.05, 0.1) is 0 Å². The van der Waals surface area contributed by atoms with Crippen LogP contribution < -0.4 is 4.46 Å². The zero-order chi connectivity index (χ0) is 15.9. The molecule has 112 valence electrons. The van der Waals surface area contributed by atoms with Crippen molar-refractivity contribution in [2.45, 2.75) is 20.8 Å². The summed E-state index contributed by atoms with van der Waals surface area (Å²) in [4.78, 5) is 14.9. The minimum absolute atomic E-state index is 0.0843. The van der Waals surface area contributed by atoms with Gasteiger partial charge >= 0.3 is 138 Å². The number of hydrogen-bond donors (Lipinski definition) is 0. The molecule has 0 saturated heterocycles. The molecule has 0 spiro atoms. The van der Waals surface area contributed by atoms with E-state index in [0.717, 1.165) is 0 Å². The number of rotatable bonds is 3. The van der Waals surface area contributed by atoms with Gasteiger partial charge in [-0.2, -0.15) is 0 Å². The van der Waals surface area contributed by atoms with Crippen LogP contribution in [-0.2, 0) is 4.74 Å². The van der Waals surface area contributed by atoms with Gasteiger partial charge in [-0.25, -0.2) is 0 Å². The summed E-state index contributed by atoms with van der Waals surface area (Å²) in [5.74, 6) is 2.61. The maximum absolute atomic E-state index is 11.7. The Bertz CT molecular complexity index is 701. The monoisotopic (exact) mass is 358 g/mol. The number of carbonyl (C=O) groups is 1. The third kappa shape index (κ3) is 4.49. The molecule has 0 amide bonds. The van der Waals surface area contributed by atoms with Crippen molar-refractivity contribution in [3.63, 3.8) is 0 Å². The van der Waals surface area contributed by atoms with E-state index in [1.165, 1.54) is 21.2 Å². The second-order valence-corrected chi connectivity index (χ2v) is 6.76. The maximum atomic E-state index is 11.7. The molecule has 3 heteroatoms. The van der Waals surface area contributed by atoms with Crippen molar-refractivity contribution in [3.05, 3.63) is 64.7 Å². The molecule has 0 aromatic heterocycles. The van der Waals surface area contributed by atoms with Crippen molar-refractivity contribution < 1.29 is 9.53 Å². The van der Waals surface area contributed by atoms with E-state index in [0.29, 0.717) is 5.56 Å². The molecule has 0 aliphatic rings. The fourth-order valence-corrected chi connectivity index (χ4v) is 3.62. The quantitative estimate of drug-likeness (QED) is 0.480. The number of hydrogen-bond acceptors (Lipinski definition) is 2. The van der Waals surface area contributed by atoms with E-state index >= 15 is 0 Å². The van der Waals surface area contributed by atoms with E-state index < -0.39 is 0 Å². The zero-order valence-corrected chi connectivity index (χ0v) is 14.7. The van der Waals surface area contributed by atoms with Crippen LogP contribution in [0.15, 0.2) is 42.5 Å². The molecular formula is C19H18O2Se. The van der Waals surface area contributed by atoms with Gasteiger partial charge in [0.1, 0.15) is 0 Å². The summed E-state index contributed by atoms with van der Waals surface area (Å²) in [6.45, 7) is 6.48. The standard InChI is InChI=1S/C19H18O2Se/c1-14-12-15(2)18(16(3)13-14)22-11-7-10-21-19(20)17-8-5-4-6-9-17/h4-6,8-9,12-13H,10H2,1-3H3. The Morgan fingerprint density at radius 1 is 1.09 bits per heavy atom. The van der Waals surface area contributed by atoms with Gasteiger partial charge in [0, 0.05) is 0 Å². The molecule has 0 unspecified atom stereocenters. The fraction of sp³-hybridized carbons (Fsp3) is 0.211. The summed E-state index contributed by atoms with van der Waals surface area (Å²) in [5.41, 5.74) is 4.40. The summed E-state index contributed by atoms with van der Waals surface area (Å²) < 4.78 is 6.46. The molecule has 0 atom stereocenters. The van der Waals surface area contributed by atoms with Crippen LogP contribution >= 0.6 is 0 Å². The molecule has 0 aliphatic carbocycles. The first-order valence-electron chi connectivity index (χ1n) is 7.02. The number of esters is 1. The van der Waals surface area contributed by atoms with Gasteiger partial charge in [-0.3, -0.25) is 0 Å². The molecule has 0 heterocycles. The third-order valence-corrected chi connectivity index (χ3v) is 5.41. The molecule has 0 saturated carbocycles. The van der Waals surface area contributed by atoms with E-state index in [-0.39, 0.29) is 27.5 Å². The summed E-state index contributed by atoms with van der Waals surface area (Å²) in [7, 11) is 0. The molecule has 2 aromatic carbocycles. The number of carbonyl (C=O) groups excluding carboxylic acids is 1. The second kappa shape index (κ2) is 7.84. The van der Waals surface area contributed by atoms with Crippen LogP contribution in [0.4, 0.5) is 0 Å². The Labute approximate surface area is 138 Å². The first-order valence-corrected chi connectivity index (χ1v) is 8.74. The SMILES string of the molecule is Cc1cc(C)c([Se]C#CCOC(=O)c2ccccc2)c(C)c1. The molecule has 0 radical (unpaired) electrons. The van der Waals surface area contributed by atoms with Crippen molar-refractivity contribution in [2.75, 3.05) is 6.61 Å². The van der Waals surface area contributed by atoms with Gasteiger partial charge < -0.3 is 0 Å². The fourth-order valence-electron chi connectivity index (χ4n) is 2.20. The topological polar surface area (TPSA) is 26.3 Å². The van der Waals surface area contributed by atoms with Crippen LogP contribution in [0, 0.1) is 31.5 Å². The average Bonchev–Trinajstić information content (AvgIpc) is 2.49. The normalized spacial score (nSPS) is 9.77. The van der Waals surface area contributed by atoms with Gasteiger partial charge in [0.25, 0.3) is 0 Å². The molecule has 0 N–H and O–H groups in total. The molecule has 2 rings (SSSR count). The predicted molar refractivity (Wildman–Crippen MR) is 90.5 cm³/mol. The predicted octanol–water partition coefficient (Wildman–Crippen LogP) is 2.76. The summed E-state index contributed by atoms with van der Waals surface area (Å²) >= 11 is 0.0843. The number of ether oxygens (including phenoxy) is 1. The van der Waals surface area contributed by atoms with Crippen LogP contribution in [0.3, 0.4) is 0 Å². The van der Waals surface area contributed by atoms with E-state index in [9.17, 15) is 4.79 Å². The van der Waals surface area contributed by atoms with Gasteiger partial charge in [-0.1, -0.05) is 0 Å². The Kier molecular flexibility index (Phi) is 5.83. The molecule has 2 aromatic rings. The average molecular weight is 357 g/mol. The Morgan fingerprint density at radius 3 is 2.36 bits per heavy atom. The Balaban J connectivity index is 1.89. The van der Waals surface area contributed by atoms with Crippen LogP contribution in [0.2, 0.25) is 0 Å². The summed E-state index contributed by atoms with van der Waals surface area (Å²) in [5, 5.41) is 0. The molecule has 2 nitrogen and oxygen atoms in total. The molecule has 0 aliphatic heterocycles. The van der Waals surface area contributed by atoms with Crippen molar-refractivity contribution >= 4 is 25.4 Å². The van der Waals surface area contributed by atoms with Gasteiger partial charge in [-0.05, 0) is 0 Å². The van der Waals surface area contributed by atoms with Crippen LogP contribution in [0.1, 0.15) is 27.0 Å². The molecular weight excluding hydrogens is 339 g/mol. The third-order valence-electron chi connectivity index (χ3n) is 3.11. The number of benzene rings is 2. The van der Waals surface area contributed by atoms with Gasteiger partial charge in [0.2, 0.25) is 0 Å². The van der Waals surface area contributed by atoms with Crippen molar-refractivity contribution in [1.82, 2.24) is 0 Å². The van der Waals surface area contributed by atoms with Crippen LogP contribution in [0.25, 0.3) is 0 Å². The zero-order valence-electron chi connectivity index (χ0n) is 13.0. The summed E-state index contributed by atoms with van der Waals surface area (Å²) in [6, 6.07) is 13.3. The Hall–Kier alpha value is -2.01. The molecule has 0 bridgehead atoms. The molecule has 22 heavy (non-hydrogen) atoms. The van der Waals surface area contributed by atoms with Crippen LogP contribution in [-0.4, -0.2) is 27.5 Å². The van der Waals surface area contributed by atoms with Crippen molar-refractivity contribution in [2.24, 2.45) is 0 Å². The van der Waals surface area contributed by atoms with Crippen molar-refractivity contribution in [3.8, 4) is 10.7 Å². The number of aryl methyl sites for hydroxylation is 3. The minimum atomic E-state index is -0.329. The van der Waals surface area contributed by atoms with E-state index in [2.05, 4.69) is 43.6 Å². The second-order valence-electron chi connectivity index (χ2n) is 5.05. The summed E-state index contributed by atoms with van der Waals surface area (Å²) in [6.07, 6.45) is 0. The van der Waals surface area contributed by atoms with Crippen LogP contribution in [0.5, 0.6) is 0 Å². The van der Waals surface area contributed by atoms with E-state index in [1.54, 1.807) is 12.1 Å². The van der Waals surface area contributed by atoms with E-state index in [4.69, 9.17) is 4.74 Å². The Morgan fingerprint density at radius 2 is 1.73 bits per heavy atom. The van der Waals surface area contributed by atoms with Gasteiger partial charge in [0.15, 0.2) is 0 Å². The first-order chi connectivity index (χ1) is 10.6. The van der Waals surface area contributed by atoms with Crippen molar-refractivity contribution in [1.29, 1.82) is 0 Å².